The molecule has 4 heteroatoms. The first kappa shape index (κ1) is 13.0. The highest BCUT2D eigenvalue weighted by Gasteiger charge is 2.17. The number of phenolic OH excluding ortho intramolecular Hbond substituents is 2. The maximum Gasteiger partial charge on any atom is 0.347 e. The second kappa shape index (κ2) is 5.17. The number of carbonyl (C=O) groups excluding carboxylic acids is 1. The van der Waals surface area contributed by atoms with E-state index in [1.165, 1.54) is 18.2 Å². The fraction of sp³-hybridized carbons (Fsp3) is 0. The summed E-state index contributed by atoms with van der Waals surface area (Å²) in [6.45, 7) is 0. The average molecular weight is 280 g/mol. The minimum atomic E-state index is -0.722. The van der Waals surface area contributed by atoms with Crippen LogP contribution >= 0.6 is 0 Å². The van der Waals surface area contributed by atoms with Crippen LogP contribution in [0.3, 0.4) is 0 Å². The van der Waals surface area contributed by atoms with Gasteiger partial charge in [-0.05, 0) is 23.6 Å². The molecule has 3 aromatic carbocycles. The van der Waals surface area contributed by atoms with Crippen molar-refractivity contribution in [1.82, 2.24) is 0 Å². The highest BCUT2D eigenvalue weighted by atomic mass is 16.5. The molecule has 0 amide bonds. The molecule has 3 aromatic rings. The Morgan fingerprint density at radius 2 is 1.52 bits per heavy atom. The van der Waals surface area contributed by atoms with Crippen LogP contribution in [-0.2, 0) is 0 Å². The number of hydrogen-bond donors (Lipinski definition) is 2. The van der Waals surface area contributed by atoms with E-state index < -0.39 is 5.97 Å². The number of para-hydroxylation sites is 1. The fourth-order valence-corrected chi connectivity index (χ4v) is 2.13. The average Bonchev–Trinajstić information content (AvgIpc) is 2.50. The molecule has 0 saturated carbocycles. The maximum absolute atomic E-state index is 12.1. The molecule has 0 aliphatic heterocycles. The Labute approximate surface area is 120 Å². The molecular weight excluding hydrogens is 268 g/mol. The monoisotopic (exact) mass is 280 g/mol. The summed E-state index contributed by atoms with van der Waals surface area (Å²) < 4.78 is 5.28. The highest BCUT2D eigenvalue weighted by Crippen LogP contribution is 2.35. The molecule has 0 aliphatic carbocycles. The molecule has 0 saturated heterocycles. The van der Waals surface area contributed by atoms with Crippen molar-refractivity contribution in [2.75, 3.05) is 0 Å². The van der Waals surface area contributed by atoms with Crippen LogP contribution in [0.4, 0.5) is 0 Å². The summed E-state index contributed by atoms with van der Waals surface area (Å²) in [6, 6.07) is 16.6. The zero-order valence-electron chi connectivity index (χ0n) is 11.0. The first-order chi connectivity index (χ1) is 10.2. The number of fused-ring (bicyclic) bond motifs is 1. The van der Waals surface area contributed by atoms with Gasteiger partial charge in [0.1, 0.15) is 11.3 Å². The topological polar surface area (TPSA) is 66.8 Å². The normalized spacial score (nSPS) is 10.5. The third-order valence-electron chi connectivity index (χ3n) is 3.18. The minimum absolute atomic E-state index is 0.0461. The van der Waals surface area contributed by atoms with Crippen LogP contribution in [0, 0.1) is 0 Å². The number of aromatic hydroxyl groups is 2. The summed E-state index contributed by atoms with van der Waals surface area (Å²) in [4.78, 5) is 12.1. The van der Waals surface area contributed by atoms with Gasteiger partial charge in [0.2, 0.25) is 0 Å². The zero-order chi connectivity index (χ0) is 14.8. The smallest absolute Gasteiger partial charge is 0.347 e. The SMILES string of the molecule is O=C(Oc1c(O)ccc2ccccc12)c1ccccc1O. The number of rotatable bonds is 2. The van der Waals surface area contributed by atoms with Crippen molar-refractivity contribution in [1.29, 1.82) is 0 Å². The van der Waals surface area contributed by atoms with Gasteiger partial charge in [0.05, 0.1) is 0 Å². The van der Waals surface area contributed by atoms with E-state index in [1.54, 1.807) is 30.3 Å². The lowest BCUT2D eigenvalue weighted by Crippen LogP contribution is -2.09. The van der Waals surface area contributed by atoms with Crippen molar-refractivity contribution in [3.05, 3.63) is 66.2 Å². The van der Waals surface area contributed by atoms with Gasteiger partial charge < -0.3 is 14.9 Å². The Morgan fingerprint density at radius 1 is 0.810 bits per heavy atom. The number of esters is 1. The van der Waals surface area contributed by atoms with Crippen LogP contribution in [0.2, 0.25) is 0 Å². The van der Waals surface area contributed by atoms with Crippen molar-refractivity contribution in [2.24, 2.45) is 0 Å². The van der Waals surface area contributed by atoms with E-state index in [0.29, 0.717) is 5.39 Å². The summed E-state index contributed by atoms with van der Waals surface area (Å²) in [5, 5.41) is 21.1. The standard InChI is InChI=1S/C17H12O4/c18-14-8-4-3-7-13(14)17(20)21-16-12-6-2-1-5-11(12)9-10-15(16)19/h1-10,18-19H. The maximum atomic E-state index is 12.1. The summed E-state index contributed by atoms with van der Waals surface area (Å²) in [6.07, 6.45) is 0. The molecule has 0 spiro atoms. The Hall–Kier alpha value is -3.01. The molecule has 0 bridgehead atoms. The van der Waals surface area contributed by atoms with Crippen molar-refractivity contribution in [2.45, 2.75) is 0 Å². The van der Waals surface area contributed by atoms with Gasteiger partial charge in [-0.1, -0.05) is 42.5 Å². The van der Waals surface area contributed by atoms with Crippen LogP contribution in [0.1, 0.15) is 10.4 Å². The molecular formula is C17H12O4. The lowest BCUT2D eigenvalue weighted by atomic mass is 10.1. The van der Waals surface area contributed by atoms with E-state index in [-0.39, 0.29) is 22.8 Å². The number of phenols is 2. The third-order valence-corrected chi connectivity index (χ3v) is 3.18. The summed E-state index contributed by atoms with van der Waals surface area (Å²) in [7, 11) is 0. The van der Waals surface area contributed by atoms with Crippen LogP contribution < -0.4 is 4.74 Å². The summed E-state index contributed by atoms with van der Waals surface area (Å²) >= 11 is 0. The van der Waals surface area contributed by atoms with E-state index >= 15 is 0 Å². The van der Waals surface area contributed by atoms with Gasteiger partial charge in [-0.2, -0.15) is 0 Å². The Balaban J connectivity index is 2.04. The largest absolute Gasteiger partial charge is 0.507 e. The van der Waals surface area contributed by atoms with Gasteiger partial charge in [-0.15, -0.1) is 0 Å². The van der Waals surface area contributed by atoms with E-state index in [9.17, 15) is 15.0 Å². The molecule has 0 radical (unpaired) electrons. The first-order valence-electron chi connectivity index (χ1n) is 6.37. The summed E-state index contributed by atoms with van der Waals surface area (Å²) in [5.74, 6) is -0.930. The minimum Gasteiger partial charge on any atom is -0.507 e. The number of benzene rings is 3. The molecule has 21 heavy (non-hydrogen) atoms. The van der Waals surface area contributed by atoms with E-state index in [2.05, 4.69) is 0 Å². The molecule has 0 aromatic heterocycles. The number of carbonyl (C=O) groups is 1. The molecule has 104 valence electrons. The van der Waals surface area contributed by atoms with E-state index in [0.717, 1.165) is 5.39 Å². The Kier molecular flexibility index (Phi) is 3.20. The van der Waals surface area contributed by atoms with Crippen molar-refractivity contribution in [3.8, 4) is 17.2 Å². The van der Waals surface area contributed by atoms with Crippen molar-refractivity contribution in [3.63, 3.8) is 0 Å². The van der Waals surface area contributed by atoms with Gasteiger partial charge in [0, 0.05) is 5.39 Å². The van der Waals surface area contributed by atoms with E-state index in [4.69, 9.17) is 4.74 Å². The van der Waals surface area contributed by atoms with Crippen LogP contribution in [0.15, 0.2) is 60.7 Å². The molecule has 0 heterocycles. The molecule has 4 nitrogen and oxygen atoms in total. The van der Waals surface area contributed by atoms with Crippen LogP contribution in [-0.4, -0.2) is 16.2 Å². The third kappa shape index (κ3) is 2.39. The molecule has 2 N–H and O–H groups in total. The predicted molar refractivity (Wildman–Crippen MR) is 78.7 cm³/mol. The van der Waals surface area contributed by atoms with Gasteiger partial charge in [0.15, 0.2) is 11.5 Å². The second-order valence-electron chi connectivity index (χ2n) is 4.54. The fourth-order valence-electron chi connectivity index (χ4n) is 2.13. The molecule has 3 rings (SSSR count). The Morgan fingerprint density at radius 3 is 2.33 bits per heavy atom. The second-order valence-corrected chi connectivity index (χ2v) is 4.54. The van der Waals surface area contributed by atoms with Gasteiger partial charge in [-0.25, -0.2) is 4.79 Å². The van der Waals surface area contributed by atoms with E-state index in [1.807, 2.05) is 12.1 Å². The van der Waals surface area contributed by atoms with Crippen LogP contribution in [0.25, 0.3) is 10.8 Å². The highest BCUT2D eigenvalue weighted by molar-refractivity contribution is 5.98. The quantitative estimate of drug-likeness (QED) is 0.557. The molecule has 0 atom stereocenters. The van der Waals surface area contributed by atoms with Gasteiger partial charge in [-0.3, -0.25) is 0 Å². The van der Waals surface area contributed by atoms with Crippen molar-refractivity contribution < 1.29 is 19.7 Å². The van der Waals surface area contributed by atoms with Crippen LogP contribution in [0.5, 0.6) is 17.2 Å². The predicted octanol–water partition coefficient (Wildman–Crippen LogP) is 3.47. The zero-order valence-corrected chi connectivity index (χ0v) is 11.0. The van der Waals surface area contributed by atoms with Crippen molar-refractivity contribution >= 4 is 16.7 Å². The first-order valence-corrected chi connectivity index (χ1v) is 6.37. The number of ether oxygens (including phenoxy) is 1. The molecule has 0 unspecified atom stereocenters. The molecule has 0 aliphatic rings. The Bertz CT molecular complexity index is 824. The number of hydrogen-bond acceptors (Lipinski definition) is 4. The van der Waals surface area contributed by atoms with Gasteiger partial charge in [0.25, 0.3) is 0 Å². The summed E-state index contributed by atoms with van der Waals surface area (Å²) in [5.41, 5.74) is 0.0461. The lowest BCUT2D eigenvalue weighted by Gasteiger charge is -2.10. The lowest BCUT2D eigenvalue weighted by molar-refractivity contribution is 0.0729. The van der Waals surface area contributed by atoms with Gasteiger partial charge >= 0.3 is 5.97 Å². The molecule has 0 fully saturated rings.